The van der Waals surface area contributed by atoms with Gasteiger partial charge in [-0.2, -0.15) is 0 Å². The SMILES string of the molecule is CNC(=O)C[C@]1(CC(=O)OC)OB([C@H](CC(C)C)NC(=O)[C@@H](NC(=O)c2cccc(-c3ccccc3)n2)[C@@H](C)O)OC1=O. The normalized spacial score (nSPS) is 18.3. The fourth-order valence-electron chi connectivity index (χ4n) is 4.58. The van der Waals surface area contributed by atoms with Crippen molar-refractivity contribution >= 4 is 36.8 Å². The van der Waals surface area contributed by atoms with Gasteiger partial charge in [-0.05, 0) is 31.4 Å². The number of carbonyl (C=O) groups is 5. The molecule has 1 aliphatic rings. The molecule has 0 saturated carbocycles. The van der Waals surface area contributed by atoms with Crippen LogP contribution in [0.15, 0.2) is 48.5 Å². The van der Waals surface area contributed by atoms with Gasteiger partial charge in [-0.1, -0.05) is 50.2 Å². The molecule has 14 heteroatoms. The lowest BCUT2D eigenvalue weighted by atomic mass is 9.73. The van der Waals surface area contributed by atoms with E-state index in [0.717, 1.165) is 12.7 Å². The Kier molecular flexibility index (Phi) is 11.4. The summed E-state index contributed by atoms with van der Waals surface area (Å²) in [7, 11) is 1.13. The molecular weight excluding hydrogens is 559 g/mol. The number of amides is 3. The Morgan fingerprint density at radius 2 is 1.72 bits per heavy atom. The molecule has 1 aromatic carbocycles. The van der Waals surface area contributed by atoms with E-state index in [1.165, 1.54) is 20.0 Å². The number of pyridine rings is 1. The number of aliphatic hydroxyl groups excluding tert-OH is 1. The van der Waals surface area contributed by atoms with E-state index in [0.29, 0.717) is 5.69 Å². The number of hydrogen-bond acceptors (Lipinski definition) is 10. The zero-order valence-electron chi connectivity index (χ0n) is 24.8. The second kappa shape index (κ2) is 14.7. The lowest BCUT2D eigenvalue weighted by Crippen LogP contribution is -2.58. The number of esters is 1. The predicted octanol–water partition coefficient (Wildman–Crippen LogP) is 0.798. The Morgan fingerprint density at radius 3 is 2.33 bits per heavy atom. The van der Waals surface area contributed by atoms with E-state index in [4.69, 9.17) is 9.31 Å². The number of carbonyl (C=O) groups excluding carboxylic acids is 5. The third-order valence-electron chi connectivity index (χ3n) is 6.80. The maximum atomic E-state index is 13.4. The van der Waals surface area contributed by atoms with Gasteiger partial charge in [-0.15, -0.1) is 0 Å². The first-order chi connectivity index (χ1) is 20.4. The van der Waals surface area contributed by atoms with Gasteiger partial charge in [0.25, 0.3) is 5.91 Å². The molecule has 0 bridgehead atoms. The molecule has 1 saturated heterocycles. The number of rotatable bonds is 13. The van der Waals surface area contributed by atoms with E-state index >= 15 is 0 Å². The number of hydrogen-bond donors (Lipinski definition) is 4. The van der Waals surface area contributed by atoms with E-state index < -0.39 is 73.3 Å². The van der Waals surface area contributed by atoms with Crippen molar-refractivity contribution in [2.75, 3.05) is 14.2 Å². The molecule has 3 amide bonds. The summed E-state index contributed by atoms with van der Waals surface area (Å²) in [5, 5.41) is 18.1. The topological polar surface area (TPSA) is 182 Å². The molecule has 0 unspecified atom stereocenters. The Morgan fingerprint density at radius 1 is 1.02 bits per heavy atom. The standard InChI is InChI=1S/C29H37BN4O9/c1-17(2)14-22(30-42-28(40)29(43-30,15-23(36)31-4)16-24(37)41-5)33-27(39)25(18(3)35)34-26(38)21-13-9-12-20(32-21)19-10-7-6-8-11-19/h6-13,17-18,22,25,35H,14-16H2,1-5H3,(H,31,36)(H,33,39)(H,34,38)/t18-,22+,25+,29-/m1/s1. The molecule has 2 heterocycles. The molecule has 1 fully saturated rings. The van der Waals surface area contributed by atoms with Gasteiger partial charge in [0.05, 0.1) is 37.7 Å². The van der Waals surface area contributed by atoms with E-state index in [9.17, 15) is 29.1 Å². The summed E-state index contributed by atoms with van der Waals surface area (Å²) in [5.41, 5.74) is -0.584. The van der Waals surface area contributed by atoms with Gasteiger partial charge in [0.1, 0.15) is 11.7 Å². The van der Waals surface area contributed by atoms with Crippen LogP contribution in [0.2, 0.25) is 0 Å². The largest absolute Gasteiger partial charge is 0.552 e. The van der Waals surface area contributed by atoms with Crippen molar-refractivity contribution in [1.29, 1.82) is 0 Å². The number of methoxy groups -OCH3 is 1. The number of benzene rings is 1. The van der Waals surface area contributed by atoms with Gasteiger partial charge in [0, 0.05) is 12.6 Å². The smallest absolute Gasteiger partial charge is 0.506 e. The first-order valence-corrected chi connectivity index (χ1v) is 13.9. The summed E-state index contributed by atoms with van der Waals surface area (Å²) in [6, 6.07) is 12.7. The fourth-order valence-corrected chi connectivity index (χ4v) is 4.58. The van der Waals surface area contributed by atoms with Gasteiger partial charge < -0.3 is 35.1 Å². The number of ether oxygens (including phenoxy) is 1. The highest BCUT2D eigenvalue weighted by Crippen LogP contribution is 2.33. The van der Waals surface area contributed by atoms with Crippen molar-refractivity contribution in [2.45, 2.75) is 63.7 Å². The van der Waals surface area contributed by atoms with Crippen molar-refractivity contribution in [2.24, 2.45) is 5.92 Å². The van der Waals surface area contributed by atoms with E-state index in [-0.39, 0.29) is 18.0 Å². The van der Waals surface area contributed by atoms with Crippen LogP contribution < -0.4 is 16.0 Å². The highest BCUT2D eigenvalue weighted by molar-refractivity contribution is 6.51. The summed E-state index contributed by atoms with van der Waals surface area (Å²) in [5.74, 6) is -4.79. The molecule has 2 aromatic rings. The van der Waals surface area contributed by atoms with Gasteiger partial charge >= 0.3 is 19.1 Å². The number of nitrogens with one attached hydrogen (secondary N) is 3. The van der Waals surface area contributed by atoms with Crippen LogP contribution in [0.3, 0.4) is 0 Å². The molecule has 0 radical (unpaired) electrons. The highest BCUT2D eigenvalue weighted by atomic mass is 16.7. The van der Waals surface area contributed by atoms with Crippen LogP contribution in [-0.2, 0) is 33.2 Å². The monoisotopic (exact) mass is 596 g/mol. The molecular formula is C29H37BN4O9. The molecule has 4 atom stereocenters. The quantitative estimate of drug-likeness (QED) is 0.191. The first-order valence-electron chi connectivity index (χ1n) is 13.9. The molecule has 1 aromatic heterocycles. The Balaban J connectivity index is 1.80. The maximum Gasteiger partial charge on any atom is 0.552 e. The van der Waals surface area contributed by atoms with E-state index in [2.05, 4.69) is 25.7 Å². The van der Waals surface area contributed by atoms with Gasteiger partial charge in [0.15, 0.2) is 5.60 Å². The van der Waals surface area contributed by atoms with Crippen LogP contribution in [0.4, 0.5) is 0 Å². The van der Waals surface area contributed by atoms with Crippen LogP contribution in [-0.4, -0.2) is 84.7 Å². The molecule has 43 heavy (non-hydrogen) atoms. The molecule has 13 nitrogen and oxygen atoms in total. The Bertz CT molecular complexity index is 1300. The van der Waals surface area contributed by atoms with Crippen LogP contribution in [0.5, 0.6) is 0 Å². The molecule has 230 valence electrons. The number of aromatic nitrogens is 1. The number of aliphatic hydroxyl groups is 1. The molecule has 0 spiro atoms. The second-order valence-corrected chi connectivity index (χ2v) is 10.7. The third-order valence-corrected chi connectivity index (χ3v) is 6.80. The summed E-state index contributed by atoms with van der Waals surface area (Å²) < 4.78 is 16.1. The minimum atomic E-state index is -1.97. The van der Waals surface area contributed by atoms with Gasteiger partial charge in [-0.25, -0.2) is 4.98 Å². The second-order valence-electron chi connectivity index (χ2n) is 10.7. The maximum absolute atomic E-state index is 13.4. The first kappa shape index (κ1) is 33.2. The minimum absolute atomic E-state index is 0.0355. The zero-order valence-corrected chi connectivity index (χ0v) is 24.8. The van der Waals surface area contributed by atoms with Crippen molar-refractivity contribution in [3.05, 3.63) is 54.2 Å². The van der Waals surface area contributed by atoms with Crippen molar-refractivity contribution in [3.8, 4) is 11.3 Å². The zero-order chi connectivity index (χ0) is 31.7. The van der Waals surface area contributed by atoms with E-state index in [1.807, 2.05) is 44.2 Å². The average molecular weight is 596 g/mol. The summed E-state index contributed by atoms with van der Waals surface area (Å²) >= 11 is 0. The Labute approximate surface area is 250 Å². The third kappa shape index (κ3) is 8.61. The summed E-state index contributed by atoms with van der Waals surface area (Å²) in [6.07, 6.45) is -2.17. The highest BCUT2D eigenvalue weighted by Gasteiger charge is 2.58. The van der Waals surface area contributed by atoms with Crippen LogP contribution in [0, 0.1) is 5.92 Å². The van der Waals surface area contributed by atoms with Crippen LogP contribution in [0.25, 0.3) is 11.3 Å². The lowest BCUT2D eigenvalue weighted by molar-refractivity contribution is -0.156. The molecule has 0 aliphatic carbocycles. The molecule has 3 rings (SSSR count). The van der Waals surface area contributed by atoms with Crippen molar-refractivity contribution in [3.63, 3.8) is 0 Å². The van der Waals surface area contributed by atoms with Crippen molar-refractivity contribution in [1.82, 2.24) is 20.9 Å². The summed E-state index contributed by atoms with van der Waals surface area (Å²) in [6.45, 7) is 5.07. The number of nitrogens with zero attached hydrogens (tertiary/aromatic N) is 1. The predicted molar refractivity (Wildman–Crippen MR) is 155 cm³/mol. The molecule has 4 N–H and O–H groups in total. The fraction of sp³-hybridized carbons (Fsp3) is 0.448. The van der Waals surface area contributed by atoms with Crippen LogP contribution >= 0.6 is 0 Å². The minimum Gasteiger partial charge on any atom is -0.506 e. The van der Waals surface area contributed by atoms with Crippen LogP contribution in [0.1, 0.15) is 50.5 Å². The lowest BCUT2D eigenvalue weighted by Gasteiger charge is -2.27. The van der Waals surface area contributed by atoms with Crippen molar-refractivity contribution < 1.29 is 43.1 Å². The molecule has 1 aliphatic heterocycles. The van der Waals surface area contributed by atoms with E-state index in [1.54, 1.807) is 12.1 Å². The average Bonchev–Trinajstić information content (AvgIpc) is 3.29. The van der Waals surface area contributed by atoms with Gasteiger partial charge in [0.2, 0.25) is 11.8 Å². The van der Waals surface area contributed by atoms with Gasteiger partial charge in [-0.3, -0.25) is 24.0 Å². The Hall–Kier alpha value is -4.30. The summed E-state index contributed by atoms with van der Waals surface area (Å²) in [4.78, 5) is 68.3.